The summed E-state index contributed by atoms with van der Waals surface area (Å²) in [7, 11) is 0. The number of nitrogens with one attached hydrogen (secondary N) is 2. The minimum Gasteiger partial charge on any atom is -0.342 e. The van der Waals surface area contributed by atoms with E-state index in [1.54, 1.807) is 6.92 Å². The predicted molar refractivity (Wildman–Crippen MR) is 49.1 cm³/mol. The Labute approximate surface area is 78.1 Å². The SMILES string of the molecule is CCC1NC(=O)C(C)(CC)NC1=O. The second-order valence-corrected chi connectivity index (χ2v) is 3.61. The summed E-state index contributed by atoms with van der Waals surface area (Å²) in [6.07, 6.45) is 1.25. The first-order valence-electron chi connectivity index (χ1n) is 4.66. The van der Waals surface area contributed by atoms with Crippen LogP contribution in [0.15, 0.2) is 0 Å². The molecule has 1 aliphatic rings. The average molecular weight is 184 g/mol. The van der Waals surface area contributed by atoms with Gasteiger partial charge in [0.15, 0.2) is 0 Å². The molecular weight excluding hydrogens is 168 g/mol. The minimum atomic E-state index is -0.719. The molecule has 74 valence electrons. The highest BCUT2D eigenvalue weighted by Crippen LogP contribution is 2.14. The van der Waals surface area contributed by atoms with Gasteiger partial charge in [-0.25, -0.2) is 0 Å². The van der Waals surface area contributed by atoms with Crippen LogP contribution in [-0.2, 0) is 9.59 Å². The summed E-state index contributed by atoms with van der Waals surface area (Å²) < 4.78 is 0. The van der Waals surface area contributed by atoms with Gasteiger partial charge in [-0.3, -0.25) is 9.59 Å². The standard InChI is InChI=1S/C9H16N2O2/c1-4-6-7(12)11-9(3,5-2)8(13)10-6/h6H,4-5H2,1-3H3,(H,10,13)(H,11,12). The molecule has 0 aromatic carbocycles. The molecule has 2 amide bonds. The predicted octanol–water partition coefficient (Wildman–Crippen LogP) is 0.180. The Morgan fingerprint density at radius 3 is 2.46 bits per heavy atom. The van der Waals surface area contributed by atoms with Gasteiger partial charge >= 0.3 is 0 Å². The molecule has 0 saturated carbocycles. The molecule has 1 fully saturated rings. The summed E-state index contributed by atoms with van der Waals surface area (Å²) in [5, 5.41) is 5.45. The van der Waals surface area contributed by atoms with Gasteiger partial charge in [-0.2, -0.15) is 0 Å². The second kappa shape index (κ2) is 3.36. The zero-order chi connectivity index (χ0) is 10.1. The van der Waals surface area contributed by atoms with Crippen molar-refractivity contribution in [3.8, 4) is 0 Å². The molecule has 1 heterocycles. The molecule has 4 heteroatoms. The minimum absolute atomic E-state index is 0.0774. The second-order valence-electron chi connectivity index (χ2n) is 3.61. The van der Waals surface area contributed by atoms with Crippen LogP contribution in [0.25, 0.3) is 0 Å². The van der Waals surface area contributed by atoms with Crippen molar-refractivity contribution in [2.24, 2.45) is 0 Å². The Morgan fingerprint density at radius 1 is 1.38 bits per heavy atom. The van der Waals surface area contributed by atoms with Gasteiger partial charge in [-0.05, 0) is 19.8 Å². The third-order valence-electron chi connectivity index (χ3n) is 2.64. The molecule has 2 atom stereocenters. The number of amides is 2. The van der Waals surface area contributed by atoms with Crippen molar-refractivity contribution in [2.75, 3.05) is 0 Å². The molecule has 13 heavy (non-hydrogen) atoms. The number of rotatable bonds is 2. The maximum Gasteiger partial charge on any atom is 0.246 e. The lowest BCUT2D eigenvalue weighted by molar-refractivity contribution is -0.141. The maximum atomic E-state index is 11.5. The largest absolute Gasteiger partial charge is 0.342 e. The van der Waals surface area contributed by atoms with E-state index in [4.69, 9.17) is 0 Å². The number of hydrogen-bond donors (Lipinski definition) is 2. The molecule has 2 unspecified atom stereocenters. The Hall–Kier alpha value is -1.06. The van der Waals surface area contributed by atoms with Crippen LogP contribution in [0.1, 0.15) is 33.6 Å². The number of hydrogen-bond acceptors (Lipinski definition) is 2. The Morgan fingerprint density at radius 2 is 2.00 bits per heavy atom. The first kappa shape index (κ1) is 10.0. The maximum absolute atomic E-state index is 11.5. The highest BCUT2D eigenvalue weighted by Gasteiger charge is 2.40. The first-order valence-corrected chi connectivity index (χ1v) is 4.66. The highest BCUT2D eigenvalue weighted by atomic mass is 16.2. The summed E-state index contributed by atoms with van der Waals surface area (Å²) >= 11 is 0. The molecule has 0 aromatic rings. The van der Waals surface area contributed by atoms with Gasteiger partial charge in [0.1, 0.15) is 11.6 Å². The Balaban J connectivity index is 2.78. The van der Waals surface area contributed by atoms with E-state index >= 15 is 0 Å². The van der Waals surface area contributed by atoms with Crippen molar-refractivity contribution < 1.29 is 9.59 Å². The lowest BCUT2D eigenvalue weighted by Crippen LogP contribution is -2.67. The molecule has 2 N–H and O–H groups in total. The number of carbonyl (C=O) groups is 2. The molecule has 1 aliphatic heterocycles. The smallest absolute Gasteiger partial charge is 0.246 e. The quantitative estimate of drug-likeness (QED) is 0.643. The van der Waals surface area contributed by atoms with E-state index in [1.807, 2.05) is 13.8 Å². The lowest BCUT2D eigenvalue weighted by atomic mass is 9.93. The summed E-state index contributed by atoms with van der Waals surface area (Å²) in [5.41, 5.74) is -0.719. The van der Waals surface area contributed by atoms with Crippen LogP contribution in [0, 0.1) is 0 Å². The molecule has 4 nitrogen and oxygen atoms in total. The average Bonchev–Trinajstić information content (AvgIpc) is 2.11. The van der Waals surface area contributed by atoms with E-state index in [0.717, 1.165) is 0 Å². The summed E-state index contributed by atoms with van der Waals surface area (Å²) in [5.74, 6) is -0.159. The summed E-state index contributed by atoms with van der Waals surface area (Å²) in [6, 6.07) is -0.355. The molecule has 0 radical (unpaired) electrons. The van der Waals surface area contributed by atoms with Crippen LogP contribution in [0.3, 0.4) is 0 Å². The van der Waals surface area contributed by atoms with E-state index in [0.29, 0.717) is 12.8 Å². The van der Waals surface area contributed by atoms with Crippen molar-refractivity contribution in [2.45, 2.75) is 45.2 Å². The Kier molecular flexibility index (Phi) is 2.59. The van der Waals surface area contributed by atoms with Crippen molar-refractivity contribution in [3.63, 3.8) is 0 Å². The summed E-state index contributed by atoms with van der Waals surface area (Å²) in [4.78, 5) is 23.0. The topological polar surface area (TPSA) is 58.2 Å². The van der Waals surface area contributed by atoms with E-state index in [2.05, 4.69) is 10.6 Å². The fourth-order valence-electron chi connectivity index (χ4n) is 1.34. The van der Waals surface area contributed by atoms with Crippen LogP contribution >= 0.6 is 0 Å². The normalized spacial score (nSPS) is 33.9. The fraction of sp³-hybridized carbons (Fsp3) is 0.778. The van der Waals surface area contributed by atoms with E-state index in [-0.39, 0.29) is 17.9 Å². The van der Waals surface area contributed by atoms with Gasteiger partial charge in [-0.15, -0.1) is 0 Å². The van der Waals surface area contributed by atoms with E-state index < -0.39 is 5.54 Å². The highest BCUT2D eigenvalue weighted by molar-refractivity contribution is 5.99. The Bertz CT molecular complexity index is 240. The zero-order valence-corrected chi connectivity index (χ0v) is 8.31. The number of carbonyl (C=O) groups excluding carboxylic acids is 2. The first-order chi connectivity index (χ1) is 6.03. The van der Waals surface area contributed by atoms with Gasteiger partial charge in [0.2, 0.25) is 11.8 Å². The van der Waals surface area contributed by atoms with E-state index in [1.165, 1.54) is 0 Å². The van der Waals surface area contributed by atoms with Crippen LogP contribution in [0.2, 0.25) is 0 Å². The van der Waals surface area contributed by atoms with Crippen LogP contribution in [-0.4, -0.2) is 23.4 Å². The van der Waals surface area contributed by atoms with Gasteiger partial charge in [0.05, 0.1) is 0 Å². The fourth-order valence-corrected chi connectivity index (χ4v) is 1.34. The molecule has 0 spiro atoms. The summed E-state index contributed by atoms with van der Waals surface area (Å²) in [6.45, 7) is 5.50. The van der Waals surface area contributed by atoms with Crippen LogP contribution in [0.4, 0.5) is 0 Å². The zero-order valence-electron chi connectivity index (χ0n) is 8.31. The molecule has 0 aromatic heterocycles. The van der Waals surface area contributed by atoms with Crippen LogP contribution < -0.4 is 10.6 Å². The molecule has 0 aliphatic carbocycles. The van der Waals surface area contributed by atoms with E-state index in [9.17, 15) is 9.59 Å². The molecule has 0 bridgehead atoms. The number of piperazine rings is 1. The third-order valence-corrected chi connectivity index (χ3v) is 2.64. The van der Waals surface area contributed by atoms with Crippen molar-refractivity contribution in [1.29, 1.82) is 0 Å². The third kappa shape index (κ3) is 1.66. The van der Waals surface area contributed by atoms with Crippen molar-refractivity contribution in [3.05, 3.63) is 0 Å². The van der Waals surface area contributed by atoms with Gasteiger partial charge in [-0.1, -0.05) is 13.8 Å². The molecular formula is C9H16N2O2. The van der Waals surface area contributed by atoms with Crippen molar-refractivity contribution >= 4 is 11.8 Å². The van der Waals surface area contributed by atoms with Gasteiger partial charge in [0, 0.05) is 0 Å². The molecule has 1 saturated heterocycles. The van der Waals surface area contributed by atoms with Gasteiger partial charge in [0.25, 0.3) is 0 Å². The molecule has 1 rings (SSSR count). The lowest BCUT2D eigenvalue weighted by Gasteiger charge is -2.36. The van der Waals surface area contributed by atoms with Gasteiger partial charge < -0.3 is 10.6 Å². The van der Waals surface area contributed by atoms with Crippen LogP contribution in [0.5, 0.6) is 0 Å². The monoisotopic (exact) mass is 184 g/mol. The van der Waals surface area contributed by atoms with Crippen molar-refractivity contribution in [1.82, 2.24) is 10.6 Å².